The molecule has 0 aliphatic heterocycles. The van der Waals surface area contributed by atoms with E-state index in [1.54, 1.807) is 18.2 Å². The molecule has 1 aromatic rings. The van der Waals surface area contributed by atoms with Crippen LogP contribution in [0.1, 0.15) is 42.5 Å². The molecule has 2 N–H and O–H groups in total. The van der Waals surface area contributed by atoms with Gasteiger partial charge in [0, 0.05) is 6.42 Å². The second kappa shape index (κ2) is 6.18. The third-order valence-corrected chi connectivity index (χ3v) is 3.20. The van der Waals surface area contributed by atoms with E-state index in [-0.39, 0.29) is 11.5 Å². The molecule has 1 aliphatic carbocycles. The molecule has 0 radical (unpaired) electrons. The van der Waals surface area contributed by atoms with E-state index >= 15 is 0 Å². The lowest BCUT2D eigenvalue weighted by Crippen LogP contribution is -2.15. The monoisotopic (exact) mass is 259 g/mol. The summed E-state index contributed by atoms with van der Waals surface area (Å²) in [7, 11) is 0. The molecule has 1 amide bonds. The van der Waals surface area contributed by atoms with Gasteiger partial charge in [-0.1, -0.05) is 23.8 Å². The van der Waals surface area contributed by atoms with Gasteiger partial charge < -0.3 is 10.4 Å². The SMILES string of the molecule is O=C(CC1=CCCCC1)Nc1ccccc1C(=O)O. The van der Waals surface area contributed by atoms with E-state index in [1.165, 1.54) is 12.5 Å². The van der Waals surface area contributed by atoms with Crippen LogP contribution in [0.3, 0.4) is 0 Å². The van der Waals surface area contributed by atoms with Crippen LogP contribution in [0.2, 0.25) is 0 Å². The largest absolute Gasteiger partial charge is 0.478 e. The van der Waals surface area contributed by atoms with Gasteiger partial charge in [-0.2, -0.15) is 0 Å². The van der Waals surface area contributed by atoms with Crippen LogP contribution in [-0.4, -0.2) is 17.0 Å². The van der Waals surface area contributed by atoms with Gasteiger partial charge in [0.05, 0.1) is 11.3 Å². The quantitative estimate of drug-likeness (QED) is 0.816. The minimum absolute atomic E-state index is 0.119. The third kappa shape index (κ3) is 3.68. The molecule has 0 unspecified atom stereocenters. The number of hydrogen-bond donors (Lipinski definition) is 2. The van der Waals surface area contributed by atoms with Gasteiger partial charge in [0.1, 0.15) is 0 Å². The minimum Gasteiger partial charge on any atom is -0.478 e. The Morgan fingerprint density at radius 2 is 2.00 bits per heavy atom. The summed E-state index contributed by atoms with van der Waals surface area (Å²) in [6.07, 6.45) is 6.79. The highest BCUT2D eigenvalue weighted by Crippen LogP contribution is 2.21. The number of para-hydroxylation sites is 1. The summed E-state index contributed by atoms with van der Waals surface area (Å²) in [6.45, 7) is 0. The number of hydrogen-bond acceptors (Lipinski definition) is 2. The van der Waals surface area contributed by atoms with Crippen LogP contribution in [0.15, 0.2) is 35.9 Å². The standard InChI is InChI=1S/C15H17NO3/c17-14(10-11-6-2-1-3-7-11)16-13-9-5-4-8-12(13)15(18)19/h4-6,8-9H,1-3,7,10H2,(H,16,17)(H,18,19). The van der Waals surface area contributed by atoms with Crippen LogP contribution in [0, 0.1) is 0 Å². The van der Waals surface area contributed by atoms with Crippen molar-refractivity contribution in [2.75, 3.05) is 5.32 Å². The highest BCUT2D eigenvalue weighted by atomic mass is 16.4. The highest BCUT2D eigenvalue weighted by Gasteiger charge is 2.13. The average molecular weight is 259 g/mol. The summed E-state index contributed by atoms with van der Waals surface area (Å²) < 4.78 is 0. The van der Waals surface area contributed by atoms with Crippen LogP contribution in [-0.2, 0) is 4.79 Å². The molecule has 4 nitrogen and oxygen atoms in total. The highest BCUT2D eigenvalue weighted by molar-refractivity contribution is 6.00. The van der Waals surface area contributed by atoms with E-state index in [2.05, 4.69) is 11.4 Å². The fraction of sp³-hybridized carbons (Fsp3) is 0.333. The number of nitrogens with one attached hydrogen (secondary N) is 1. The number of anilines is 1. The zero-order valence-corrected chi connectivity index (χ0v) is 10.7. The van der Waals surface area contributed by atoms with Gasteiger partial charge >= 0.3 is 5.97 Å². The summed E-state index contributed by atoms with van der Waals surface area (Å²) in [6, 6.07) is 6.44. The van der Waals surface area contributed by atoms with Crippen molar-refractivity contribution in [1.29, 1.82) is 0 Å². The van der Waals surface area contributed by atoms with Crippen molar-refractivity contribution in [3.8, 4) is 0 Å². The summed E-state index contributed by atoms with van der Waals surface area (Å²) in [5.41, 5.74) is 1.63. The molecule has 0 spiro atoms. The van der Waals surface area contributed by atoms with Gasteiger partial charge in [0.2, 0.25) is 5.91 Å². The zero-order valence-electron chi connectivity index (χ0n) is 10.7. The van der Waals surface area contributed by atoms with Gasteiger partial charge in [-0.25, -0.2) is 4.79 Å². The lowest BCUT2D eigenvalue weighted by atomic mass is 9.97. The van der Waals surface area contributed by atoms with Crippen molar-refractivity contribution in [2.24, 2.45) is 0 Å². The number of rotatable bonds is 4. The molecule has 0 saturated carbocycles. The predicted octanol–water partition coefficient (Wildman–Crippen LogP) is 3.21. The van der Waals surface area contributed by atoms with Crippen LogP contribution in [0.25, 0.3) is 0 Å². The molecule has 1 aromatic carbocycles. The van der Waals surface area contributed by atoms with E-state index in [0.717, 1.165) is 24.8 Å². The molecule has 1 aliphatic rings. The molecular weight excluding hydrogens is 242 g/mol. The second-order valence-corrected chi connectivity index (χ2v) is 4.68. The summed E-state index contributed by atoms with van der Waals surface area (Å²) in [5.74, 6) is -1.19. The summed E-state index contributed by atoms with van der Waals surface area (Å²) in [5, 5.41) is 11.7. The van der Waals surface area contributed by atoms with Crippen molar-refractivity contribution in [2.45, 2.75) is 32.1 Å². The number of carboxylic acid groups (broad SMARTS) is 1. The Balaban J connectivity index is 2.02. The number of amides is 1. The Kier molecular flexibility index (Phi) is 4.34. The van der Waals surface area contributed by atoms with E-state index in [4.69, 9.17) is 5.11 Å². The topological polar surface area (TPSA) is 66.4 Å². The van der Waals surface area contributed by atoms with Crippen LogP contribution in [0.4, 0.5) is 5.69 Å². The fourth-order valence-electron chi connectivity index (χ4n) is 2.24. The van der Waals surface area contributed by atoms with Crippen LogP contribution in [0.5, 0.6) is 0 Å². The van der Waals surface area contributed by atoms with Gasteiger partial charge in [0.25, 0.3) is 0 Å². The van der Waals surface area contributed by atoms with E-state index in [0.29, 0.717) is 12.1 Å². The minimum atomic E-state index is -1.03. The normalized spacial score (nSPS) is 14.6. The first-order chi connectivity index (χ1) is 9.16. The molecule has 0 heterocycles. The van der Waals surface area contributed by atoms with E-state index < -0.39 is 5.97 Å². The number of carbonyl (C=O) groups excluding carboxylic acids is 1. The maximum Gasteiger partial charge on any atom is 0.337 e. The second-order valence-electron chi connectivity index (χ2n) is 4.68. The van der Waals surface area contributed by atoms with E-state index in [1.807, 2.05) is 0 Å². The van der Waals surface area contributed by atoms with Gasteiger partial charge in [-0.05, 0) is 37.8 Å². The zero-order chi connectivity index (χ0) is 13.7. The number of carboxylic acids is 1. The lowest BCUT2D eigenvalue weighted by Gasteiger charge is -2.13. The Morgan fingerprint density at radius 1 is 1.21 bits per heavy atom. The van der Waals surface area contributed by atoms with Crippen LogP contribution >= 0.6 is 0 Å². The predicted molar refractivity (Wildman–Crippen MR) is 73.2 cm³/mol. The van der Waals surface area contributed by atoms with Gasteiger partial charge in [-0.3, -0.25) is 4.79 Å². The molecule has 19 heavy (non-hydrogen) atoms. The van der Waals surface area contributed by atoms with Crippen LogP contribution < -0.4 is 5.32 Å². The maximum absolute atomic E-state index is 11.9. The molecule has 100 valence electrons. The smallest absolute Gasteiger partial charge is 0.337 e. The number of benzene rings is 1. The Bertz CT molecular complexity index is 520. The molecule has 0 aromatic heterocycles. The number of allylic oxidation sites excluding steroid dienone is 1. The first kappa shape index (κ1) is 13.3. The third-order valence-electron chi connectivity index (χ3n) is 3.20. The average Bonchev–Trinajstić information content (AvgIpc) is 2.40. The molecule has 0 fully saturated rings. The molecule has 2 rings (SSSR count). The Hall–Kier alpha value is -2.10. The maximum atomic E-state index is 11.9. The van der Waals surface area contributed by atoms with Crippen molar-refractivity contribution in [1.82, 2.24) is 0 Å². The molecule has 0 saturated heterocycles. The first-order valence-electron chi connectivity index (χ1n) is 6.47. The summed E-state index contributed by atoms with van der Waals surface area (Å²) >= 11 is 0. The van der Waals surface area contributed by atoms with Crippen molar-refractivity contribution in [3.05, 3.63) is 41.5 Å². The Labute approximate surface area is 112 Å². The van der Waals surface area contributed by atoms with E-state index in [9.17, 15) is 9.59 Å². The first-order valence-corrected chi connectivity index (χ1v) is 6.47. The van der Waals surface area contributed by atoms with Gasteiger partial charge in [-0.15, -0.1) is 0 Å². The fourth-order valence-corrected chi connectivity index (χ4v) is 2.24. The molecular formula is C15H17NO3. The molecule has 0 atom stereocenters. The molecule has 0 bridgehead atoms. The number of carbonyl (C=O) groups is 2. The van der Waals surface area contributed by atoms with Crippen molar-refractivity contribution >= 4 is 17.6 Å². The lowest BCUT2D eigenvalue weighted by molar-refractivity contribution is -0.115. The van der Waals surface area contributed by atoms with Crippen molar-refractivity contribution in [3.63, 3.8) is 0 Å². The molecule has 4 heteroatoms. The number of aromatic carboxylic acids is 1. The summed E-state index contributed by atoms with van der Waals surface area (Å²) in [4.78, 5) is 22.9. The van der Waals surface area contributed by atoms with Crippen molar-refractivity contribution < 1.29 is 14.7 Å². The van der Waals surface area contributed by atoms with Gasteiger partial charge in [0.15, 0.2) is 0 Å². The Morgan fingerprint density at radius 3 is 2.68 bits per heavy atom.